The van der Waals surface area contributed by atoms with Crippen LogP contribution in [0, 0.1) is 23.7 Å². The first-order chi connectivity index (χ1) is 20.2. The second kappa shape index (κ2) is 11.3. The molecule has 0 amide bonds. The zero-order chi connectivity index (χ0) is 27.3. The van der Waals surface area contributed by atoms with Gasteiger partial charge < -0.3 is 0 Å². The topological polar surface area (TPSA) is 0 Å². The molecule has 2 aromatic carbocycles. The predicted molar refractivity (Wildman–Crippen MR) is 180 cm³/mol. The molecule has 0 nitrogen and oxygen atoms in total. The molecule has 4 unspecified atom stereocenters. The number of benzene rings is 2. The molecule has 0 saturated heterocycles. The molecule has 9 atom stereocenters. The van der Waals surface area contributed by atoms with E-state index in [1.165, 1.54) is 36.3 Å². The highest BCUT2D eigenvalue weighted by Gasteiger charge is 2.52. The molecule has 8 rings (SSSR count). The molecule has 6 aliphatic rings. The van der Waals surface area contributed by atoms with Gasteiger partial charge in [-0.25, -0.2) is 0 Å². The minimum Gasteiger partial charge on any atom is -0.0923 e. The largest absolute Gasteiger partial charge is 0.0923 e. The molecular formula is C39H44P2. The van der Waals surface area contributed by atoms with Crippen LogP contribution in [0.1, 0.15) is 58.3 Å². The van der Waals surface area contributed by atoms with Crippen LogP contribution in [0.25, 0.3) is 0 Å². The highest BCUT2D eigenvalue weighted by atomic mass is 31.1. The van der Waals surface area contributed by atoms with E-state index in [4.69, 9.17) is 0 Å². The van der Waals surface area contributed by atoms with Gasteiger partial charge in [-0.2, -0.15) is 0 Å². The minimum atomic E-state index is -0.555. The van der Waals surface area contributed by atoms with Crippen LogP contribution < -0.4 is 10.6 Å². The normalized spacial score (nSPS) is 36.4. The first-order valence-corrected chi connectivity index (χ1v) is 19.3. The van der Waals surface area contributed by atoms with Crippen LogP contribution in [-0.2, 0) is 0 Å². The molecular weight excluding hydrogens is 530 g/mol. The second-order valence-corrected chi connectivity index (χ2v) is 19.0. The Hall–Kier alpha value is -2.00. The van der Waals surface area contributed by atoms with Gasteiger partial charge in [0, 0.05) is 11.3 Å². The molecule has 0 aromatic heterocycles. The van der Waals surface area contributed by atoms with Crippen molar-refractivity contribution in [3.63, 3.8) is 0 Å². The molecule has 0 heterocycles. The van der Waals surface area contributed by atoms with Crippen LogP contribution in [0.3, 0.4) is 0 Å². The quantitative estimate of drug-likeness (QED) is 0.289. The number of allylic oxidation sites excluding steroid dienone is 10. The molecule has 2 heteroatoms. The lowest BCUT2D eigenvalue weighted by atomic mass is 9.95. The van der Waals surface area contributed by atoms with E-state index in [1.54, 1.807) is 42.4 Å². The number of rotatable bonds is 7. The van der Waals surface area contributed by atoms with Crippen molar-refractivity contribution >= 4 is 26.5 Å². The zero-order valence-corrected chi connectivity index (χ0v) is 26.3. The van der Waals surface area contributed by atoms with E-state index < -0.39 is 7.92 Å². The second-order valence-electron chi connectivity index (χ2n) is 13.7. The van der Waals surface area contributed by atoms with Gasteiger partial charge in [0.1, 0.15) is 0 Å². The smallest absolute Gasteiger partial charge is 0.0310 e. The molecule has 4 saturated carbocycles. The van der Waals surface area contributed by atoms with E-state index in [1.807, 2.05) is 0 Å². The van der Waals surface area contributed by atoms with E-state index in [2.05, 4.69) is 110 Å². The lowest BCUT2D eigenvalue weighted by Crippen LogP contribution is -2.30. The third-order valence-corrected chi connectivity index (χ3v) is 18.3. The van der Waals surface area contributed by atoms with Gasteiger partial charge in [-0.1, -0.05) is 131 Å². The molecule has 0 radical (unpaired) electrons. The maximum Gasteiger partial charge on any atom is 0.0310 e. The van der Waals surface area contributed by atoms with Crippen molar-refractivity contribution in [2.75, 3.05) is 0 Å². The van der Waals surface area contributed by atoms with E-state index in [0.717, 1.165) is 35.0 Å². The summed E-state index contributed by atoms with van der Waals surface area (Å²) in [6, 6.07) is 22.7. The van der Waals surface area contributed by atoms with Crippen LogP contribution in [0.5, 0.6) is 0 Å². The third-order valence-electron chi connectivity index (χ3n) is 11.6. The van der Waals surface area contributed by atoms with Gasteiger partial charge in [0.05, 0.1) is 0 Å². The molecule has 2 aromatic rings. The van der Waals surface area contributed by atoms with Gasteiger partial charge in [0.15, 0.2) is 0 Å². The standard InChI is InChI=1S/C39H44P2/c1-27(40(38-25-28-19-21-30(38)23-28)39-26-29-20-22-31(39)24-29)34-16-10-17-35(34)36-15-8-9-18-37(36)41(32-11-4-2-5-12-32)33-13-6-3-7-14-33/h2-18,27-31,37-39H,19-26H2,1H3/b36-35+/t27-,28-,29+,30+,31-,37?,38?,39?,40?/m0/s1. The van der Waals surface area contributed by atoms with Crippen LogP contribution in [0.4, 0.5) is 0 Å². The van der Waals surface area contributed by atoms with Crippen molar-refractivity contribution in [3.8, 4) is 0 Å². The van der Waals surface area contributed by atoms with Gasteiger partial charge in [-0.05, 0) is 109 Å². The number of hydrogen-bond acceptors (Lipinski definition) is 0. The van der Waals surface area contributed by atoms with Crippen LogP contribution in [0.2, 0.25) is 0 Å². The van der Waals surface area contributed by atoms with E-state index in [9.17, 15) is 0 Å². The Morgan fingerprint density at radius 3 is 1.80 bits per heavy atom. The molecule has 210 valence electrons. The Labute approximate surface area is 250 Å². The lowest BCUT2D eigenvalue weighted by Gasteiger charge is -2.43. The Morgan fingerprint density at radius 2 is 1.27 bits per heavy atom. The molecule has 41 heavy (non-hydrogen) atoms. The average Bonchev–Trinajstić information content (AvgIpc) is 3.86. The third kappa shape index (κ3) is 4.83. The Bertz CT molecular complexity index is 1340. The molecule has 6 aliphatic carbocycles. The first-order valence-electron chi connectivity index (χ1n) is 16.4. The van der Waals surface area contributed by atoms with Crippen LogP contribution >= 0.6 is 15.8 Å². The Balaban J connectivity index is 1.18. The van der Waals surface area contributed by atoms with Gasteiger partial charge >= 0.3 is 0 Å². The summed E-state index contributed by atoms with van der Waals surface area (Å²) < 4.78 is 0. The van der Waals surface area contributed by atoms with Crippen molar-refractivity contribution < 1.29 is 0 Å². The summed E-state index contributed by atoms with van der Waals surface area (Å²) in [5.74, 6) is 4.16. The molecule has 0 aliphatic heterocycles. The van der Waals surface area contributed by atoms with Crippen molar-refractivity contribution in [2.24, 2.45) is 23.7 Å². The lowest BCUT2D eigenvalue weighted by molar-refractivity contribution is 0.459. The van der Waals surface area contributed by atoms with Crippen LogP contribution in [-0.4, -0.2) is 22.6 Å². The van der Waals surface area contributed by atoms with Gasteiger partial charge in [0.2, 0.25) is 0 Å². The molecule has 0 N–H and O–H groups in total. The summed E-state index contributed by atoms with van der Waals surface area (Å²) in [5.41, 5.74) is 7.94. The molecule has 0 spiro atoms. The maximum absolute atomic E-state index is 2.68. The summed E-state index contributed by atoms with van der Waals surface area (Å²) in [6.07, 6.45) is 29.3. The molecule has 4 bridgehead atoms. The van der Waals surface area contributed by atoms with Gasteiger partial charge in [-0.3, -0.25) is 0 Å². The minimum absolute atomic E-state index is 0.00877. The summed E-state index contributed by atoms with van der Waals surface area (Å²) in [4.78, 5) is 0. The first kappa shape index (κ1) is 26.6. The average molecular weight is 575 g/mol. The van der Waals surface area contributed by atoms with Crippen molar-refractivity contribution in [1.82, 2.24) is 0 Å². The van der Waals surface area contributed by atoms with E-state index in [0.29, 0.717) is 11.3 Å². The monoisotopic (exact) mass is 574 g/mol. The summed E-state index contributed by atoms with van der Waals surface area (Å²) >= 11 is 0. The number of hydrogen-bond donors (Lipinski definition) is 0. The maximum atomic E-state index is 2.68. The fraction of sp³-hybridized carbons (Fsp3) is 0.436. The SMILES string of the molecule is C[C@@H](C1=CC=C/C1=C1/C=CC=CC1P(c1ccccc1)c1ccccc1)P(C1C[C@H]2CC[C@@H]1C2)C1C[C@@H]2CC[C@H]1C2. The molecule has 4 fully saturated rings. The highest BCUT2D eigenvalue weighted by Crippen LogP contribution is 2.70. The predicted octanol–water partition coefficient (Wildman–Crippen LogP) is 9.65. The Morgan fingerprint density at radius 1 is 0.659 bits per heavy atom. The fourth-order valence-corrected chi connectivity index (χ4v) is 17.3. The summed E-state index contributed by atoms with van der Waals surface area (Å²) in [5, 5.41) is 2.95. The Kier molecular flexibility index (Phi) is 7.30. The van der Waals surface area contributed by atoms with Crippen molar-refractivity contribution in [3.05, 3.63) is 120 Å². The van der Waals surface area contributed by atoms with Gasteiger partial charge in [-0.15, -0.1) is 0 Å². The highest BCUT2D eigenvalue weighted by molar-refractivity contribution is 7.74. The van der Waals surface area contributed by atoms with E-state index >= 15 is 0 Å². The summed E-state index contributed by atoms with van der Waals surface area (Å²) in [7, 11) is -0.564. The van der Waals surface area contributed by atoms with Crippen molar-refractivity contribution in [1.29, 1.82) is 0 Å². The van der Waals surface area contributed by atoms with Crippen LogP contribution in [0.15, 0.2) is 120 Å². The summed E-state index contributed by atoms with van der Waals surface area (Å²) in [6.45, 7) is 2.68. The fourth-order valence-electron chi connectivity index (χ4n) is 9.85. The number of fused-ring (bicyclic) bond motifs is 4. The zero-order valence-electron chi connectivity index (χ0n) is 24.5. The van der Waals surface area contributed by atoms with Gasteiger partial charge in [0.25, 0.3) is 0 Å². The van der Waals surface area contributed by atoms with Crippen molar-refractivity contribution in [2.45, 2.75) is 80.9 Å². The van der Waals surface area contributed by atoms with E-state index in [-0.39, 0.29) is 7.92 Å².